The second-order valence-corrected chi connectivity index (χ2v) is 5.55. The van der Waals surface area contributed by atoms with Crippen LogP contribution < -0.4 is 4.74 Å². The molecule has 1 aromatic rings. The lowest BCUT2D eigenvalue weighted by molar-refractivity contribution is 0.0924. The molecule has 1 saturated heterocycles. The van der Waals surface area contributed by atoms with Crippen LogP contribution in [0.4, 0.5) is 0 Å². The maximum Gasteiger partial charge on any atom is 0.122 e. The van der Waals surface area contributed by atoms with Gasteiger partial charge in [0.25, 0.3) is 0 Å². The molecule has 1 fully saturated rings. The molecule has 1 aromatic carbocycles. The highest BCUT2D eigenvalue weighted by Gasteiger charge is 2.21. The number of alkyl halides is 1. The lowest BCUT2D eigenvalue weighted by Gasteiger charge is -2.19. The predicted molar refractivity (Wildman–Crippen MR) is 77.6 cm³/mol. The van der Waals surface area contributed by atoms with Crippen LogP contribution in [0.2, 0.25) is 0 Å². The van der Waals surface area contributed by atoms with Gasteiger partial charge in [0.2, 0.25) is 0 Å². The Morgan fingerprint density at radius 2 is 2.28 bits per heavy atom. The van der Waals surface area contributed by atoms with E-state index in [4.69, 9.17) is 9.47 Å². The fourth-order valence-electron chi connectivity index (χ4n) is 2.59. The molecule has 0 spiro atoms. The lowest BCUT2D eigenvalue weighted by atomic mass is 9.94. The fraction of sp³-hybridized carbons (Fsp3) is 0.600. The highest BCUT2D eigenvalue weighted by molar-refractivity contribution is 9.09. The number of hydrogen-bond acceptors (Lipinski definition) is 2. The summed E-state index contributed by atoms with van der Waals surface area (Å²) in [4.78, 5) is 0. The summed E-state index contributed by atoms with van der Waals surface area (Å²) in [5.41, 5.74) is 1.29. The van der Waals surface area contributed by atoms with Gasteiger partial charge in [0.1, 0.15) is 5.75 Å². The molecule has 18 heavy (non-hydrogen) atoms. The van der Waals surface area contributed by atoms with Gasteiger partial charge in [0, 0.05) is 11.9 Å². The second-order valence-electron chi connectivity index (χ2n) is 4.91. The average Bonchev–Trinajstić information content (AvgIpc) is 2.91. The van der Waals surface area contributed by atoms with Crippen molar-refractivity contribution in [2.45, 2.75) is 31.8 Å². The van der Waals surface area contributed by atoms with E-state index < -0.39 is 0 Å². The van der Waals surface area contributed by atoms with Crippen LogP contribution in [0.5, 0.6) is 5.75 Å². The molecule has 1 aliphatic rings. The van der Waals surface area contributed by atoms with Crippen molar-refractivity contribution in [3.05, 3.63) is 29.8 Å². The zero-order valence-corrected chi connectivity index (χ0v) is 12.5. The topological polar surface area (TPSA) is 18.5 Å². The van der Waals surface area contributed by atoms with Gasteiger partial charge in [-0.2, -0.15) is 0 Å². The Morgan fingerprint density at radius 3 is 2.94 bits per heavy atom. The first-order valence-corrected chi connectivity index (χ1v) is 7.75. The Hall–Kier alpha value is -0.540. The first-order chi connectivity index (χ1) is 8.83. The minimum atomic E-state index is 0.460. The van der Waals surface area contributed by atoms with Crippen molar-refractivity contribution in [1.29, 1.82) is 0 Å². The molecule has 0 saturated carbocycles. The van der Waals surface area contributed by atoms with E-state index in [9.17, 15) is 0 Å². The van der Waals surface area contributed by atoms with Crippen LogP contribution in [0, 0.1) is 5.92 Å². The van der Waals surface area contributed by atoms with Crippen molar-refractivity contribution in [2.75, 3.05) is 19.0 Å². The summed E-state index contributed by atoms with van der Waals surface area (Å²) < 4.78 is 11.1. The number of rotatable bonds is 6. The van der Waals surface area contributed by atoms with Crippen molar-refractivity contribution < 1.29 is 9.47 Å². The molecule has 1 heterocycles. The lowest BCUT2D eigenvalue weighted by Crippen LogP contribution is -2.16. The van der Waals surface area contributed by atoms with Crippen LogP contribution in [0.3, 0.4) is 0 Å². The van der Waals surface area contributed by atoms with E-state index in [0.717, 1.165) is 30.5 Å². The van der Waals surface area contributed by atoms with Crippen LogP contribution in [0.15, 0.2) is 24.3 Å². The van der Waals surface area contributed by atoms with E-state index in [2.05, 4.69) is 28.1 Å². The maximum atomic E-state index is 5.73. The standard InChI is InChI=1S/C15H21BrO2/c1-17-15-7-3-2-5-13(15)9-12(11-16)10-14-6-4-8-18-14/h2-3,5,7,12,14H,4,6,8-11H2,1H3. The number of para-hydroxylation sites is 1. The van der Waals surface area contributed by atoms with Crippen LogP contribution in [-0.4, -0.2) is 25.2 Å². The van der Waals surface area contributed by atoms with Gasteiger partial charge in [-0.15, -0.1) is 0 Å². The van der Waals surface area contributed by atoms with Crippen molar-refractivity contribution in [3.63, 3.8) is 0 Å². The number of hydrogen-bond donors (Lipinski definition) is 0. The highest BCUT2D eigenvalue weighted by atomic mass is 79.9. The minimum Gasteiger partial charge on any atom is -0.496 e. The summed E-state index contributed by atoms with van der Waals surface area (Å²) in [5.74, 6) is 1.61. The van der Waals surface area contributed by atoms with Gasteiger partial charge in [-0.3, -0.25) is 0 Å². The van der Waals surface area contributed by atoms with Gasteiger partial charge in [-0.1, -0.05) is 34.1 Å². The van der Waals surface area contributed by atoms with E-state index in [-0.39, 0.29) is 0 Å². The summed E-state index contributed by atoms with van der Waals surface area (Å²) in [6, 6.07) is 8.29. The maximum absolute atomic E-state index is 5.73. The molecule has 3 heteroatoms. The molecule has 100 valence electrons. The molecule has 2 unspecified atom stereocenters. The molecule has 0 bridgehead atoms. The third-order valence-electron chi connectivity index (χ3n) is 3.54. The summed E-state index contributed by atoms with van der Waals surface area (Å²) >= 11 is 3.63. The Bertz CT molecular complexity index is 361. The zero-order chi connectivity index (χ0) is 12.8. The van der Waals surface area contributed by atoms with E-state index >= 15 is 0 Å². The molecule has 0 aromatic heterocycles. The summed E-state index contributed by atoms with van der Waals surface area (Å²) in [5, 5.41) is 1.02. The van der Waals surface area contributed by atoms with E-state index in [1.165, 1.54) is 18.4 Å². The normalized spacial score (nSPS) is 20.9. The smallest absolute Gasteiger partial charge is 0.122 e. The van der Waals surface area contributed by atoms with Crippen LogP contribution in [-0.2, 0) is 11.2 Å². The van der Waals surface area contributed by atoms with Crippen LogP contribution in [0.1, 0.15) is 24.8 Å². The van der Waals surface area contributed by atoms with Gasteiger partial charge in [-0.25, -0.2) is 0 Å². The Kier molecular flexibility index (Phi) is 5.51. The van der Waals surface area contributed by atoms with Crippen molar-refractivity contribution in [3.8, 4) is 5.75 Å². The van der Waals surface area contributed by atoms with Gasteiger partial charge in [0.15, 0.2) is 0 Å². The summed E-state index contributed by atoms with van der Waals surface area (Å²) in [7, 11) is 1.74. The quantitative estimate of drug-likeness (QED) is 0.743. The molecule has 0 amide bonds. The van der Waals surface area contributed by atoms with Gasteiger partial charge in [-0.05, 0) is 43.2 Å². The van der Waals surface area contributed by atoms with Crippen molar-refractivity contribution >= 4 is 15.9 Å². The monoisotopic (exact) mass is 312 g/mol. The van der Waals surface area contributed by atoms with E-state index in [1.54, 1.807) is 7.11 Å². The third kappa shape index (κ3) is 3.72. The molecule has 0 radical (unpaired) electrons. The average molecular weight is 313 g/mol. The summed E-state index contributed by atoms with van der Waals surface area (Å²) in [6.07, 6.45) is 5.09. The Morgan fingerprint density at radius 1 is 1.44 bits per heavy atom. The van der Waals surface area contributed by atoms with Crippen LogP contribution >= 0.6 is 15.9 Å². The number of benzene rings is 1. The van der Waals surface area contributed by atoms with Gasteiger partial charge in [0.05, 0.1) is 13.2 Å². The zero-order valence-electron chi connectivity index (χ0n) is 10.9. The van der Waals surface area contributed by atoms with Crippen LogP contribution in [0.25, 0.3) is 0 Å². The predicted octanol–water partition coefficient (Wildman–Crippen LogP) is 3.82. The number of halogens is 1. The van der Waals surface area contributed by atoms with Crippen molar-refractivity contribution in [1.82, 2.24) is 0 Å². The SMILES string of the molecule is COc1ccccc1CC(CBr)CC1CCCO1. The molecule has 2 rings (SSSR count). The number of methoxy groups -OCH3 is 1. The van der Waals surface area contributed by atoms with E-state index in [1.807, 2.05) is 12.1 Å². The van der Waals surface area contributed by atoms with Gasteiger partial charge >= 0.3 is 0 Å². The molecule has 2 atom stereocenters. The molecule has 1 aliphatic heterocycles. The molecule has 2 nitrogen and oxygen atoms in total. The summed E-state index contributed by atoms with van der Waals surface area (Å²) in [6.45, 7) is 0.939. The largest absolute Gasteiger partial charge is 0.496 e. The first-order valence-electron chi connectivity index (χ1n) is 6.63. The first kappa shape index (κ1) is 13.9. The van der Waals surface area contributed by atoms with Crippen molar-refractivity contribution in [2.24, 2.45) is 5.92 Å². The minimum absolute atomic E-state index is 0.460. The fourth-order valence-corrected chi connectivity index (χ4v) is 3.08. The Labute approximate surface area is 118 Å². The molecular weight excluding hydrogens is 292 g/mol. The Balaban J connectivity index is 1.96. The van der Waals surface area contributed by atoms with E-state index in [0.29, 0.717) is 12.0 Å². The number of ether oxygens (including phenoxy) is 2. The third-order valence-corrected chi connectivity index (χ3v) is 4.46. The molecular formula is C15H21BrO2. The molecule has 0 aliphatic carbocycles. The van der Waals surface area contributed by atoms with Gasteiger partial charge < -0.3 is 9.47 Å². The molecule has 0 N–H and O–H groups in total. The second kappa shape index (κ2) is 7.15. The highest BCUT2D eigenvalue weighted by Crippen LogP contribution is 2.27.